The largest absolute Gasteiger partial charge is 0.366 e. The van der Waals surface area contributed by atoms with E-state index in [0.717, 1.165) is 16.2 Å². The Morgan fingerprint density at radius 2 is 2.16 bits per heavy atom. The molecule has 1 saturated heterocycles. The number of hydrogen-bond acceptors (Lipinski definition) is 3. The molecule has 0 unspecified atom stereocenters. The highest BCUT2D eigenvalue weighted by atomic mass is 79.9. The van der Waals surface area contributed by atoms with Gasteiger partial charge in [-0.3, -0.25) is 0 Å². The SMILES string of the molecule is CC(C)CN1CCC(Nc2ncc(Cl)cc2Br)CC1. The van der Waals surface area contributed by atoms with E-state index in [2.05, 4.69) is 45.0 Å². The molecule has 1 aliphatic heterocycles. The second-order valence-electron chi connectivity index (χ2n) is 5.60. The van der Waals surface area contributed by atoms with E-state index < -0.39 is 0 Å². The molecule has 0 radical (unpaired) electrons. The Kier molecular flexibility index (Phi) is 5.48. The van der Waals surface area contributed by atoms with Gasteiger partial charge in [-0.2, -0.15) is 0 Å². The van der Waals surface area contributed by atoms with Crippen LogP contribution in [0.15, 0.2) is 16.7 Å². The fourth-order valence-corrected chi connectivity index (χ4v) is 3.24. The van der Waals surface area contributed by atoms with Crippen molar-refractivity contribution in [3.05, 3.63) is 21.8 Å². The summed E-state index contributed by atoms with van der Waals surface area (Å²) in [4.78, 5) is 6.88. The lowest BCUT2D eigenvalue weighted by atomic mass is 10.0. The first-order valence-corrected chi connectivity index (χ1v) is 8.01. The molecule has 0 bridgehead atoms. The highest BCUT2D eigenvalue weighted by Crippen LogP contribution is 2.25. The van der Waals surface area contributed by atoms with Gasteiger partial charge in [0, 0.05) is 31.9 Å². The summed E-state index contributed by atoms with van der Waals surface area (Å²) in [5.74, 6) is 1.64. The second-order valence-corrected chi connectivity index (χ2v) is 6.89. The van der Waals surface area contributed by atoms with Gasteiger partial charge in [0.1, 0.15) is 5.82 Å². The van der Waals surface area contributed by atoms with Gasteiger partial charge in [-0.1, -0.05) is 25.4 Å². The quantitative estimate of drug-likeness (QED) is 0.892. The zero-order valence-corrected chi connectivity index (χ0v) is 13.8. The van der Waals surface area contributed by atoms with Gasteiger partial charge < -0.3 is 10.2 Å². The molecule has 1 aliphatic rings. The second kappa shape index (κ2) is 6.91. The van der Waals surface area contributed by atoms with E-state index in [0.29, 0.717) is 11.1 Å². The van der Waals surface area contributed by atoms with E-state index in [1.807, 2.05) is 6.07 Å². The first-order valence-electron chi connectivity index (χ1n) is 6.84. The summed E-state index contributed by atoms with van der Waals surface area (Å²) in [5, 5.41) is 4.16. The van der Waals surface area contributed by atoms with Crippen molar-refractivity contribution in [1.29, 1.82) is 0 Å². The molecule has 1 N–H and O–H groups in total. The van der Waals surface area contributed by atoms with Crippen LogP contribution in [0.2, 0.25) is 5.02 Å². The molecule has 1 fully saturated rings. The number of nitrogens with zero attached hydrogens (tertiary/aromatic N) is 2. The van der Waals surface area contributed by atoms with Crippen molar-refractivity contribution < 1.29 is 0 Å². The van der Waals surface area contributed by atoms with Gasteiger partial charge in [0.15, 0.2) is 0 Å². The summed E-state index contributed by atoms with van der Waals surface area (Å²) >= 11 is 9.40. The van der Waals surface area contributed by atoms with Gasteiger partial charge in [0.05, 0.1) is 9.50 Å². The van der Waals surface area contributed by atoms with Crippen LogP contribution in [0.4, 0.5) is 5.82 Å². The molecule has 19 heavy (non-hydrogen) atoms. The highest BCUT2D eigenvalue weighted by molar-refractivity contribution is 9.10. The predicted molar refractivity (Wildman–Crippen MR) is 84.9 cm³/mol. The van der Waals surface area contributed by atoms with Gasteiger partial charge in [-0.05, 0) is 40.8 Å². The van der Waals surface area contributed by atoms with E-state index in [1.165, 1.54) is 32.5 Å². The van der Waals surface area contributed by atoms with Gasteiger partial charge in [0.2, 0.25) is 0 Å². The zero-order valence-electron chi connectivity index (χ0n) is 11.5. The Balaban J connectivity index is 1.85. The maximum absolute atomic E-state index is 5.90. The van der Waals surface area contributed by atoms with Gasteiger partial charge in [-0.25, -0.2) is 4.98 Å². The molecule has 3 nitrogen and oxygen atoms in total. The molecular weight excluding hydrogens is 326 g/mol. The number of likely N-dealkylation sites (tertiary alicyclic amines) is 1. The fourth-order valence-electron chi connectivity index (χ4n) is 2.49. The summed E-state index contributed by atoms with van der Waals surface area (Å²) < 4.78 is 0.935. The Labute approximate surface area is 128 Å². The molecule has 0 saturated carbocycles. The van der Waals surface area contributed by atoms with Crippen LogP contribution in [0.5, 0.6) is 0 Å². The Morgan fingerprint density at radius 1 is 1.47 bits per heavy atom. The van der Waals surface area contributed by atoms with Crippen molar-refractivity contribution in [1.82, 2.24) is 9.88 Å². The van der Waals surface area contributed by atoms with Crippen molar-refractivity contribution in [3.8, 4) is 0 Å². The number of piperidine rings is 1. The van der Waals surface area contributed by atoms with E-state index in [-0.39, 0.29) is 0 Å². The lowest BCUT2D eigenvalue weighted by molar-refractivity contribution is 0.198. The van der Waals surface area contributed by atoms with Crippen LogP contribution in [-0.2, 0) is 0 Å². The number of pyridine rings is 1. The van der Waals surface area contributed by atoms with Crippen molar-refractivity contribution in [2.24, 2.45) is 5.92 Å². The van der Waals surface area contributed by atoms with Gasteiger partial charge in [-0.15, -0.1) is 0 Å². The van der Waals surface area contributed by atoms with Crippen molar-refractivity contribution >= 4 is 33.3 Å². The van der Waals surface area contributed by atoms with E-state index in [9.17, 15) is 0 Å². The maximum Gasteiger partial charge on any atom is 0.140 e. The molecule has 0 spiro atoms. The summed E-state index contributed by atoms with van der Waals surface area (Å²) in [6.45, 7) is 8.09. The molecule has 0 aromatic carbocycles. The molecule has 2 rings (SSSR count). The molecule has 1 aromatic rings. The summed E-state index contributed by atoms with van der Waals surface area (Å²) in [5.41, 5.74) is 0. The van der Waals surface area contributed by atoms with E-state index in [1.54, 1.807) is 6.20 Å². The third-order valence-corrected chi connectivity index (χ3v) is 4.17. The summed E-state index contributed by atoms with van der Waals surface area (Å²) in [6.07, 6.45) is 4.02. The van der Waals surface area contributed by atoms with Gasteiger partial charge >= 0.3 is 0 Å². The first kappa shape index (κ1) is 15.1. The molecule has 0 atom stereocenters. The number of hydrogen-bond donors (Lipinski definition) is 1. The van der Waals surface area contributed by atoms with Crippen LogP contribution < -0.4 is 5.32 Å². The average molecular weight is 347 g/mol. The third kappa shape index (κ3) is 4.62. The third-order valence-electron chi connectivity index (χ3n) is 3.36. The molecule has 0 amide bonds. The lowest BCUT2D eigenvalue weighted by Gasteiger charge is -2.33. The number of rotatable bonds is 4. The fraction of sp³-hybridized carbons (Fsp3) is 0.643. The molecule has 106 valence electrons. The molecule has 2 heterocycles. The van der Waals surface area contributed by atoms with Gasteiger partial charge in [0.25, 0.3) is 0 Å². The number of halogens is 2. The number of aromatic nitrogens is 1. The molecular formula is C14H21BrClN3. The van der Waals surface area contributed by atoms with Crippen LogP contribution in [0, 0.1) is 5.92 Å². The molecule has 5 heteroatoms. The summed E-state index contributed by atoms with van der Waals surface area (Å²) in [7, 11) is 0. The number of nitrogens with one attached hydrogen (secondary N) is 1. The average Bonchev–Trinajstić information content (AvgIpc) is 2.34. The van der Waals surface area contributed by atoms with Crippen LogP contribution in [0.3, 0.4) is 0 Å². The Hall–Kier alpha value is -0.320. The van der Waals surface area contributed by atoms with E-state index in [4.69, 9.17) is 11.6 Å². The zero-order chi connectivity index (χ0) is 13.8. The predicted octanol–water partition coefficient (Wildman–Crippen LogP) is 4.03. The van der Waals surface area contributed by atoms with Crippen LogP contribution >= 0.6 is 27.5 Å². The summed E-state index contributed by atoms with van der Waals surface area (Å²) in [6, 6.07) is 2.39. The molecule has 1 aromatic heterocycles. The van der Waals surface area contributed by atoms with Crippen LogP contribution in [0.1, 0.15) is 26.7 Å². The minimum Gasteiger partial charge on any atom is -0.366 e. The minimum absolute atomic E-state index is 0.508. The Morgan fingerprint density at radius 3 is 2.74 bits per heavy atom. The normalized spacial score (nSPS) is 17.9. The smallest absolute Gasteiger partial charge is 0.140 e. The minimum atomic E-state index is 0.508. The first-order chi connectivity index (χ1) is 9.04. The van der Waals surface area contributed by atoms with Crippen molar-refractivity contribution in [3.63, 3.8) is 0 Å². The Bertz CT molecular complexity index is 417. The standard InChI is InChI=1S/C14H21BrClN3/c1-10(2)9-19-5-3-12(4-6-19)18-14-13(15)7-11(16)8-17-14/h7-8,10,12H,3-6,9H2,1-2H3,(H,17,18). The van der Waals surface area contributed by atoms with Crippen LogP contribution in [-0.4, -0.2) is 35.6 Å². The topological polar surface area (TPSA) is 28.2 Å². The van der Waals surface area contributed by atoms with Crippen molar-refractivity contribution in [2.75, 3.05) is 25.0 Å². The van der Waals surface area contributed by atoms with E-state index >= 15 is 0 Å². The lowest BCUT2D eigenvalue weighted by Crippen LogP contribution is -2.40. The van der Waals surface area contributed by atoms with Crippen LogP contribution in [0.25, 0.3) is 0 Å². The molecule has 0 aliphatic carbocycles. The monoisotopic (exact) mass is 345 g/mol. The van der Waals surface area contributed by atoms with Crippen molar-refractivity contribution in [2.45, 2.75) is 32.7 Å². The maximum atomic E-state index is 5.90. The highest BCUT2D eigenvalue weighted by Gasteiger charge is 2.20. The number of anilines is 1.